The van der Waals surface area contributed by atoms with E-state index in [4.69, 9.17) is 5.26 Å². The van der Waals surface area contributed by atoms with E-state index in [2.05, 4.69) is 47.8 Å². The van der Waals surface area contributed by atoms with Crippen LogP contribution in [0.25, 0.3) is 5.57 Å². The minimum atomic E-state index is 0.531. The topological polar surface area (TPSA) is 35.8 Å². The van der Waals surface area contributed by atoms with Gasteiger partial charge in [-0.15, -0.1) is 0 Å². The Kier molecular flexibility index (Phi) is 4.35. The zero-order valence-electron chi connectivity index (χ0n) is 10.0. The zero-order valence-corrected chi connectivity index (χ0v) is 10.0. The summed E-state index contributed by atoms with van der Waals surface area (Å²) in [6, 6.07) is 13.3. The number of hydrogen-bond donors (Lipinski definition) is 1. The van der Waals surface area contributed by atoms with Crippen LogP contribution in [-0.2, 0) is 0 Å². The highest BCUT2D eigenvalue weighted by Crippen LogP contribution is 2.24. The van der Waals surface area contributed by atoms with E-state index in [1.54, 1.807) is 0 Å². The third-order valence-corrected chi connectivity index (χ3v) is 3.21. The van der Waals surface area contributed by atoms with Crippen molar-refractivity contribution < 1.29 is 0 Å². The first-order valence-corrected chi connectivity index (χ1v) is 6.25. The van der Waals surface area contributed by atoms with E-state index in [1.807, 2.05) is 0 Å². The first-order valence-electron chi connectivity index (χ1n) is 6.25. The highest BCUT2D eigenvalue weighted by atomic mass is 14.9. The minimum absolute atomic E-state index is 0.531. The third-order valence-electron chi connectivity index (χ3n) is 3.21. The predicted molar refractivity (Wildman–Crippen MR) is 70.3 cm³/mol. The van der Waals surface area contributed by atoms with Crippen LogP contribution in [0.5, 0.6) is 0 Å². The molecule has 0 aromatic heterocycles. The normalized spacial score (nSPS) is 19.5. The average Bonchev–Trinajstić information content (AvgIpc) is 2.41. The Labute approximate surface area is 103 Å². The number of benzene rings is 1. The molecule has 0 fully saturated rings. The number of rotatable bonds is 4. The number of hydrogen-bond acceptors (Lipinski definition) is 2. The number of nitriles is 1. The molecule has 1 N–H and O–H groups in total. The van der Waals surface area contributed by atoms with Gasteiger partial charge in [0.15, 0.2) is 0 Å². The minimum Gasteiger partial charge on any atom is -0.310 e. The largest absolute Gasteiger partial charge is 0.310 e. The summed E-state index contributed by atoms with van der Waals surface area (Å²) in [4.78, 5) is 0. The number of unbranched alkanes of at least 4 members (excludes halogenated alkanes) is 1. The quantitative estimate of drug-likeness (QED) is 0.801. The van der Waals surface area contributed by atoms with Gasteiger partial charge in [0, 0.05) is 19.0 Å². The van der Waals surface area contributed by atoms with E-state index in [1.165, 1.54) is 11.1 Å². The van der Waals surface area contributed by atoms with Gasteiger partial charge in [0.1, 0.15) is 0 Å². The van der Waals surface area contributed by atoms with Crippen molar-refractivity contribution in [3.05, 3.63) is 42.0 Å². The van der Waals surface area contributed by atoms with Crippen molar-refractivity contribution in [3.8, 4) is 6.07 Å². The fourth-order valence-corrected chi connectivity index (χ4v) is 2.29. The van der Waals surface area contributed by atoms with Gasteiger partial charge in [-0.2, -0.15) is 5.26 Å². The Bertz CT molecular complexity index is 414. The first kappa shape index (κ1) is 11.9. The molecule has 1 atom stereocenters. The summed E-state index contributed by atoms with van der Waals surface area (Å²) in [5, 5.41) is 12.0. The summed E-state index contributed by atoms with van der Waals surface area (Å²) in [6.45, 7) is 0.946. The lowest BCUT2D eigenvalue weighted by molar-refractivity contribution is 0.488. The van der Waals surface area contributed by atoms with Crippen LogP contribution < -0.4 is 5.32 Å². The van der Waals surface area contributed by atoms with Gasteiger partial charge in [-0.1, -0.05) is 36.4 Å². The maximum atomic E-state index is 8.54. The fourth-order valence-electron chi connectivity index (χ4n) is 2.29. The van der Waals surface area contributed by atoms with Crippen LogP contribution in [0.2, 0.25) is 0 Å². The highest BCUT2D eigenvalue weighted by molar-refractivity contribution is 5.66. The molecule has 1 heterocycles. The van der Waals surface area contributed by atoms with Gasteiger partial charge in [0.2, 0.25) is 0 Å². The maximum Gasteiger partial charge on any atom is 0.0621 e. The van der Waals surface area contributed by atoms with Gasteiger partial charge in [-0.05, 0) is 30.4 Å². The van der Waals surface area contributed by atoms with Crippen LogP contribution in [0.1, 0.15) is 31.2 Å². The molecule has 1 aromatic rings. The lowest BCUT2D eigenvalue weighted by atomic mass is 9.93. The van der Waals surface area contributed by atoms with Crippen LogP contribution in [0, 0.1) is 11.3 Å². The van der Waals surface area contributed by atoms with E-state index in [0.717, 1.165) is 25.8 Å². The Morgan fingerprint density at radius 3 is 2.88 bits per heavy atom. The molecular weight excluding hydrogens is 208 g/mol. The second-order valence-electron chi connectivity index (χ2n) is 4.46. The molecule has 88 valence electrons. The van der Waals surface area contributed by atoms with Gasteiger partial charge in [-0.25, -0.2) is 0 Å². The molecule has 2 nitrogen and oxygen atoms in total. The van der Waals surface area contributed by atoms with Crippen molar-refractivity contribution in [3.63, 3.8) is 0 Å². The molecule has 0 aliphatic carbocycles. The van der Waals surface area contributed by atoms with E-state index in [0.29, 0.717) is 12.5 Å². The van der Waals surface area contributed by atoms with Crippen molar-refractivity contribution in [2.45, 2.75) is 31.7 Å². The molecule has 1 aliphatic rings. The van der Waals surface area contributed by atoms with Crippen molar-refractivity contribution in [1.82, 2.24) is 5.32 Å². The summed E-state index contributed by atoms with van der Waals surface area (Å²) < 4.78 is 0. The standard InChI is InChI=1S/C15H18N2/c16-10-5-4-8-15-12-14(9-11-17-15)13-6-2-1-3-7-13/h1-3,6-7,9,15,17H,4-5,8,11-12H2. The molecule has 0 spiro atoms. The lowest BCUT2D eigenvalue weighted by Gasteiger charge is -2.24. The smallest absolute Gasteiger partial charge is 0.0621 e. The van der Waals surface area contributed by atoms with Gasteiger partial charge in [-0.3, -0.25) is 0 Å². The van der Waals surface area contributed by atoms with Crippen molar-refractivity contribution in [1.29, 1.82) is 5.26 Å². The molecule has 17 heavy (non-hydrogen) atoms. The summed E-state index contributed by atoms with van der Waals surface area (Å²) in [5.74, 6) is 0. The second kappa shape index (κ2) is 6.22. The Hall–Kier alpha value is -1.59. The van der Waals surface area contributed by atoms with E-state index >= 15 is 0 Å². The zero-order chi connectivity index (χ0) is 11.9. The summed E-state index contributed by atoms with van der Waals surface area (Å²) >= 11 is 0. The molecule has 1 aliphatic heterocycles. The molecule has 1 unspecified atom stereocenters. The van der Waals surface area contributed by atoms with Crippen LogP contribution >= 0.6 is 0 Å². The lowest BCUT2D eigenvalue weighted by Crippen LogP contribution is -2.32. The number of nitrogens with zero attached hydrogens (tertiary/aromatic N) is 1. The van der Waals surface area contributed by atoms with Gasteiger partial charge in [0.05, 0.1) is 6.07 Å². The van der Waals surface area contributed by atoms with Gasteiger partial charge >= 0.3 is 0 Å². The molecular formula is C15H18N2. The summed E-state index contributed by atoms with van der Waals surface area (Å²) in [6.07, 6.45) is 6.11. The molecule has 0 saturated carbocycles. The Morgan fingerprint density at radius 2 is 2.12 bits per heavy atom. The Balaban J connectivity index is 1.93. The third kappa shape index (κ3) is 3.44. The molecule has 0 saturated heterocycles. The van der Waals surface area contributed by atoms with Crippen molar-refractivity contribution in [2.24, 2.45) is 0 Å². The molecule has 0 radical (unpaired) electrons. The first-order chi connectivity index (χ1) is 8.40. The van der Waals surface area contributed by atoms with Crippen LogP contribution in [0.3, 0.4) is 0 Å². The second-order valence-corrected chi connectivity index (χ2v) is 4.46. The predicted octanol–water partition coefficient (Wildman–Crippen LogP) is 3.13. The molecule has 2 rings (SSSR count). The monoisotopic (exact) mass is 226 g/mol. The summed E-state index contributed by atoms with van der Waals surface area (Å²) in [7, 11) is 0. The fraction of sp³-hybridized carbons (Fsp3) is 0.400. The average molecular weight is 226 g/mol. The van der Waals surface area contributed by atoms with Crippen molar-refractivity contribution >= 4 is 5.57 Å². The van der Waals surface area contributed by atoms with Gasteiger partial charge < -0.3 is 5.32 Å². The van der Waals surface area contributed by atoms with E-state index in [-0.39, 0.29) is 0 Å². The van der Waals surface area contributed by atoms with Crippen molar-refractivity contribution in [2.75, 3.05) is 6.54 Å². The molecule has 0 bridgehead atoms. The van der Waals surface area contributed by atoms with E-state index in [9.17, 15) is 0 Å². The van der Waals surface area contributed by atoms with Crippen LogP contribution in [0.15, 0.2) is 36.4 Å². The Morgan fingerprint density at radius 1 is 1.29 bits per heavy atom. The highest BCUT2D eigenvalue weighted by Gasteiger charge is 2.15. The maximum absolute atomic E-state index is 8.54. The van der Waals surface area contributed by atoms with E-state index < -0.39 is 0 Å². The summed E-state index contributed by atoms with van der Waals surface area (Å²) in [5.41, 5.74) is 2.77. The SMILES string of the molecule is N#CCCCC1CC(c2ccccc2)=CCN1. The van der Waals surface area contributed by atoms with Gasteiger partial charge in [0.25, 0.3) is 0 Å². The van der Waals surface area contributed by atoms with Crippen LogP contribution in [0.4, 0.5) is 0 Å². The molecule has 1 aromatic carbocycles. The van der Waals surface area contributed by atoms with Crippen LogP contribution in [-0.4, -0.2) is 12.6 Å². The molecule has 0 amide bonds. The number of nitrogens with one attached hydrogen (secondary N) is 1. The molecule has 2 heteroatoms.